The van der Waals surface area contributed by atoms with Gasteiger partial charge in [0.25, 0.3) is 0 Å². The van der Waals surface area contributed by atoms with E-state index in [0.29, 0.717) is 12.8 Å². The molecule has 34 heavy (non-hydrogen) atoms. The van der Waals surface area contributed by atoms with Crippen LogP contribution in [0.5, 0.6) is 0 Å². The second-order valence-electron chi connectivity index (χ2n) is 9.56. The standard InChI is InChI=1S/C25H41F5O3Si/c1-17(2)31-34(32-18(3)4,33-19(5)6)16-14-12-10-8-7-9-11-13-15-20-21(26)23(28)25(30)24(29)22(20)27/h17-19H,7-16H2,1-6H3. The Balaban J connectivity index is 2.34. The normalized spacial score (nSPS) is 12.5. The third-order valence-electron chi connectivity index (χ3n) is 5.21. The van der Waals surface area contributed by atoms with Crippen LogP contribution in [0.2, 0.25) is 6.04 Å². The van der Waals surface area contributed by atoms with E-state index in [1.165, 1.54) is 0 Å². The predicted octanol–water partition coefficient (Wildman–Crippen LogP) is 8.26. The van der Waals surface area contributed by atoms with Crippen molar-refractivity contribution in [2.24, 2.45) is 0 Å². The summed E-state index contributed by atoms with van der Waals surface area (Å²) in [5.74, 6) is -9.31. The molecule has 0 N–H and O–H groups in total. The van der Waals surface area contributed by atoms with Gasteiger partial charge >= 0.3 is 8.80 Å². The maximum atomic E-state index is 13.7. The quantitative estimate of drug-likeness (QED) is 0.0691. The molecule has 0 aliphatic rings. The zero-order valence-corrected chi connectivity index (χ0v) is 22.4. The van der Waals surface area contributed by atoms with Gasteiger partial charge in [0, 0.05) is 29.9 Å². The lowest BCUT2D eigenvalue weighted by Crippen LogP contribution is -2.50. The average Bonchev–Trinajstić information content (AvgIpc) is 2.72. The van der Waals surface area contributed by atoms with Crippen molar-refractivity contribution in [1.82, 2.24) is 0 Å². The van der Waals surface area contributed by atoms with Crippen LogP contribution < -0.4 is 0 Å². The van der Waals surface area contributed by atoms with E-state index in [1.54, 1.807) is 0 Å². The number of benzene rings is 1. The summed E-state index contributed by atoms with van der Waals surface area (Å²) in [5.41, 5.74) is -0.722. The molecule has 9 heteroatoms. The Morgan fingerprint density at radius 1 is 0.500 bits per heavy atom. The first-order valence-electron chi connectivity index (χ1n) is 12.4. The molecule has 0 spiro atoms. The molecule has 0 unspecified atom stereocenters. The number of unbranched alkanes of at least 4 members (excludes halogenated alkanes) is 7. The summed E-state index contributed by atoms with van der Waals surface area (Å²) < 4.78 is 85.6. The molecule has 0 fully saturated rings. The van der Waals surface area contributed by atoms with Crippen molar-refractivity contribution in [2.75, 3.05) is 0 Å². The maximum absolute atomic E-state index is 13.7. The maximum Gasteiger partial charge on any atom is 0.501 e. The predicted molar refractivity (Wildman–Crippen MR) is 126 cm³/mol. The summed E-state index contributed by atoms with van der Waals surface area (Å²) in [7, 11) is -2.76. The fourth-order valence-corrected chi connectivity index (χ4v) is 7.27. The monoisotopic (exact) mass is 512 g/mol. The van der Waals surface area contributed by atoms with Crippen molar-refractivity contribution in [2.45, 2.75) is 124 Å². The first-order chi connectivity index (χ1) is 15.9. The van der Waals surface area contributed by atoms with Gasteiger partial charge in [0.15, 0.2) is 23.3 Å². The third kappa shape index (κ3) is 10.3. The van der Waals surface area contributed by atoms with Gasteiger partial charge in [-0.15, -0.1) is 0 Å². The fraction of sp³-hybridized carbons (Fsp3) is 0.760. The SMILES string of the molecule is CC(C)O[Si](CCCCCCCCCCc1c(F)c(F)c(F)c(F)c1F)(OC(C)C)OC(C)C. The molecule has 3 nitrogen and oxygen atoms in total. The number of hydrogen-bond donors (Lipinski definition) is 0. The summed E-state index contributed by atoms with van der Waals surface area (Å²) in [6.07, 6.45) is 6.75. The molecule has 0 heterocycles. The average molecular weight is 513 g/mol. The van der Waals surface area contributed by atoms with Gasteiger partial charge < -0.3 is 13.3 Å². The molecular weight excluding hydrogens is 471 g/mol. The van der Waals surface area contributed by atoms with E-state index in [1.807, 2.05) is 41.5 Å². The number of rotatable bonds is 17. The minimum absolute atomic E-state index is 0.0222. The number of hydrogen-bond acceptors (Lipinski definition) is 3. The molecule has 0 aliphatic heterocycles. The molecular formula is C25H41F5O3Si. The van der Waals surface area contributed by atoms with Gasteiger partial charge in [-0.2, -0.15) is 0 Å². The molecule has 0 aliphatic carbocycles. The first-order valence-corrected chi connectivity index (χ1v) is 14.4. The first kappa shape index (κ1) is 31.0. The Morgan fingerprint density at radius 2 is 0.824 bits per heavy atom. The Kier molecular flexibility index (Phi) is 13.8. The zero-order valence-electron chi connectivity index (χ0n) is 21.4. The van der Waals surface area contributed by atoms with Gasteiger partial charge in [-0.05, 0) is 60.8 Å². The minimum atomic E-state index is -2.76. The summed E-state index contributed by atoms with van der Waals surface area (Å²) in [4.78, 5) is 0. The van der Waals surface area contributed by atoms with Crippen LogP contribution in [0.4, 0.5) is 22.0 Å². The van der Waals surface area contributed by atoms with Crippen molar-refractivity contribution in [3.8, 4) is 0 Å². The second kappa shape index (κ2) is 15.2. The van der Waals surface area contributed by atoms with Crippen molar-refractivity contribution >= 4 is 8.80 Å². The second-order valence-corrected chi connectivity index (χ2v) is 12.1. The highest BCUT2D eigenvalue weighted by Crippen LogP contribution is 2.26. The molecule has 1 aromatic carbocycles. The molecule has 198 valence electrons. The summed E-state index contributed by atoms with van der Waals surface area (Å²) in [5, 5.41) is 0. The van der Waals surface area contributed by atoms with Crippen molar-refractivity contribution in [1.29, 1.82) is 0 Å². The fourth-order valence-electron chi connectivity index (χ4n) is 3.91. The van der Waals surface area contributed by atoms with E-state index >= 15 is 0 Å². The highest BCUT2D eigenvalue weighted by atomic mass is 28.4. The third-order valence-corrected chi connectivity index (χ3v) is 8.66. The molecule has 0 atom stereocenters. The van der Waals surface area contributed by atoms with Crippen LogP contribution in [-0.4, -0.2) is 27.1 Å². The van der Waals surface area contributed by atoms with Crippen LogP contribution in [0, 0.1) is 29.1 Å². The lowest BCUT2D eigenvalue weighted by atomic mass is 10.0. The Bertz CT molecular complexity index is 688. The highest BCUT2D eigenvalue weighted by Gasteiger charge is 2.43. The van der Waals surface area contributed by atoms with E-state index in [0.717, 1.165) is 44.6 Å². The lowest BCUT2D eigenvalue weighted by Gasteiger charge is -2.34. The highest BCUT2D eigenvalue weighted by molar-refractivity contribution is 6.60. The van der Waals surface area contributed by atoms with Gasteiger partial charge in [-0.3, -0.25) is 0 Å². The van der Waals surface area contributed by atoms with Crippen molar-refractivity contribution in [3.05, 3.63) is 34.6 Å². The smallest absolute Gasteiger partial charge is 0.371 e. The largest absolute Gasteiger partial charge is 0.501 e. The Labute approximate surface area is 202 Å². The summed E-state index contributed by atoms with van der Waals surface area (Å²) in [6, 6.07) is 0.767. The minimum Gasteiger partial charge on any atom is -0.371 e. The summed E-state index contributed by atoms with van der Waals surface area (Å²) in [6.45, 7) is 11.9. The van der Waals surface area contributed by atoms with Crippen LogP contribution in [0.1, 0.15) is 98.5 Å². The molecule has 0 aromatic heterocycles. The molecule has 0 radical (unpaired) electrons. The Morgan fingerprint density at radius 3 is 1.21 bits per heavy atom. The van der Waals surface area contributed by atoms with Crippen LogP contribution in [0.15, 0.2) is 0 Å². The van der Waals surface area contributed by atoms with Gasteiger partial charge in [0.05, 0.1) is 0 Å². The Hall–Kier alpha value is -1.03. The topological polar surface area (TPSA) is 27.7 Å². The summed E-state index contributed by atoms with van der Waals surface area (Å²) >= 11 is 0. The molecule has 0 saturated heterocycles. The van der Waals surface area contributed by atoms with E-state index in [4.69, 9.17) is 13.3 Å². The van der Waals surface area contributed by atoms with Crippen LogP contribution >= 0.6 is 0 Å². The van der Waals surface area contributed by atoms with Crippen LogP contribution in [0.25, 0.3) is 0 Å². The molecule has 0 amide bonds. The van der Waals surface area contributed by atoms with Crippen molar-refractivity contribution in [3.63, 3.8) is 0 Å². The van der Waals surface area contributed by atoms with Crippen LogP contribution in [0.3, 0.4) is 0 Å². The van der Waals surface area contributed by atoms with Gasteiger partial charge in [-0.1, -0.05) is 38.5 Å². The van der Waals surface area contributed by atoms with Gasteiger partial charge in [-0.25, -0.2) is 22.0 Å². The lowest BCUT2D eigenvalue weighted by molar-refractivity contribution is 0.00277. The van der Waals surface area contributed by atoms with Crippen LogP contribution in [-0.2, 0) is 19.7 Å². The molecule has 0 saturated carbocycles. The van der Waals surface area contributed by atoms with E-state index in [2.05, 4.69) is 0 Å². The van der Waals surface area contributed by atoms with E-state index in [9.17, 15) is 22.0 Å². The van der Waals surface area contributed by atoms with Gasteiger partial charge in [0.2, 0.25) is 5.82 Å². The molecule has 0 bridgehead atoms. The molecule has 1 rings (SSSR count). The van der Waals surface area contributed by atoms with Crippen molar-refractivity contribution < 1.29 is 35.2 Å². The van der Waals surface area contributed by atoms with Gasteiger partial charge in [0.1, 0.15) is 0 Å². The van der Waals surface area contributed by atoms with E-state index in [-0.39, 0.29) is 24.7 Å². The van der Waals surface area contributed by atoms with E-state index < -0.39 is 43.5 Å². The number of halogens is 5. The molecule has 1 aromatic rings. The zero-order chi connectivity index (χ0) is 25.9.